The third kappa shape index (κ3) is 6.29. The number of hydrogen-bond acceptors (Lipinski definition) is 5. The van der Waals surface area contributed by atoms with Gasteiger partial charge in [-0.3, -0.25) is 4.79 Å². The molecular weight excluding hydrogens is 532 g/mol. The van der Waals surface area contributed by atoms with Crippen molar-refractivity contribution in [3.63, 3.8) is 0 Å². The van der Waals surface area contributed by atoms with Gasteiger partial charge in [-0.1, -0.05) is 58.4 Å². The van der Waals surface area contributed by atoms with Crippen molar-refractivity contribution in [2.45, 2.75) is 13.2 Å². The summed E-state index contributed by atoms with van der Waals surface area (Å²) in [5.41, 5.74) is 2.38. The van der Waals surface area contributed by atoms with Crippen molar-refractivity contribution in [2.75, 3.05) is 14.2 Å². The van der Waals surface area contributed by atoms with E-state index >= 15 is 0 Å². The number of nitrogens with one attached hydrogen (secondary N) is 1. The molecule has 0 aliphatic carbocycles. The fraction of sp³-hybridized carbons (Fsp3) is 0.133. The molecule has 0 fully saturated rings. The predicted octanol–water partition coefficient (Wildman–Crippen LogP) is 6.42. The van der Waals surface area contributed by atoms with Crippen LogP contribution in [-0.4, -0.2) is 20.1 Å². The molecule has 0 aromatic heterocycles. The molecule has 0 radical (unpaired) electrons. The molecule has 1 amide bonds. The predicted molar refractivity (Wildman–Crippen MR) is 147 cm³/mol. The van der Waals surface area contributed by atoms with Gasteiger partial charge < -0.3 is 19.5 Å². The molecule has 186 valence electrons. The molecule has 0 heterocycles. The molecule has 0 spiro atoms. The van der Waals surface area contributed by atoms with Crippen LogP contribution in [0, 0.1) is 11.3 Å². The van der Waals surface area contributed by atoms with Crippen LogP contribution < -0.4 is 19.5 Å². The number of benzene rings is 4. The number of fused-ring (bicyclic) bond motifs is 1. The molecule has 1 N–H and O–H groups in total. The average Bonchev–Trinajstić information content (AvgIpc) is 2.93. The summed E-state index contributed by atoms with van der Waals surface area (Å²) >= 11 is 3.47. The van der Waals surface area contributed by atoms with Crippen LogP contribution in [0.25, 0.3) is 16.8 Å². The standard InChI is InChI=1S/C30H25BrN2O4/c1-35-26-12-10-21(29(16-26)36-2)18-33-30(34)24(17-32)14-23-15-25(31)11-13-28(23)37-19-22-8-5-7-20-6-3-4-9-27(20)22/h3-16H,18-19H2,1-2H3,(H,33,34)/b24-14+. The second-order valence-electron chi connectivity index (χ2n) is 8.14. The third-order valence-corrected chi connectivity index (χ3v) is 6.33. The van der Waals surface area contributed by atoms with E-state index in [1.165, 1.54) is 6.08 Å². The van der Waals surface area contributed by atoms with Crippen LogP contribution in [-0.2, 0) is 17.9 Å². The molecule has 0 unspecified atom stereocenters. The van der Waals surface area contributed by atoms with Gasteiger partial charge in [0.2, 0.25) is 0 Å². The largest absolute Gasteiger partial charge is 0.497 e. The molecule has 0 atom stereocenters. The van der Waals surface area contributed by atoms with E-state index in [0.29, 0.717) is 29.4 Å². The lowest BCUT2D eigenvalue weighted by atomic mass is 10.1. The second-order valence-corrected chi connectivity index (χ2v) is 9.06. The summed E-state index contributed by atoms with van der Waals surface area (Å²) in [6.07, 6.45) is 1.53. The topological polar surface area (TPSA) is 80.6 Å². The van der Waals surface area contributed by atoms with E-state index in [4.69, 9.17) is 14.2 Å². The first-order valence-electron chi connectivity index (χ1n) is 11.5. The maximum absolute atomic E-state index is 12.9. The number of nitrogens with zero attached hydrogens (tertiary/aromatic N) is 1. The van der Waals surface area contributed by atoms with Crippen molar-refractivity contribution < 1.29 is 19.0 Å². The highest BCUT2D eigenvalue weighted by Gasteiger charge is 2.14. The number of amides is 1. The molecule has 0 aliphatic heterocycles. The number of carbonyl (C=O) groups is 1. The third-order valence-electron chi connectivity index (χ3n) is 5.83. The van der Waals surface area contributed by atoms with Gasteiger partial charge in [-0.15, -0.1) is 0 Å². The summed E-state index contributed by atoms with van der Waals surface area (Å²) in [6.45, 7) is 0.531. The van der Waals surface area contributed by atoms with Crippen LogP contribution in [0.5, 0.6) is 17.2 Å². The van der Waals surface area contributed by atoms with Gasteiger partial charge in [0.1, 0.15) is 35.5 Å². The number of nitriles is 1. The lowest BCUT2D eigenvalue weighted by Gasteiger charge is -2.13. The minimum absolute atomic E-state index is 0.0411. The van der Waals surface area contributed by atoms with Crippen LogP contribution in [0.2, 0.25) is 0 Å². The molecule has 4 aromatic carbocycles. The first kappa shape index (κ1) is 25.8. The van der Waals surface area contributed by atoms with Crippen LogP contribution in [0.4, 0.5) is 0 Å². The zero-order valence-electron chi connectivity index (χ0n) is 20.5. The van der Waals surface area contributed by atoms with E-state index in [2.05, 4.69) is 39.4 Å². The molecule has 0 saturated carbocycles. The van der Waals surface area contributed by atoms with E-state index in [0.717, 1.165) is 26.4 Å². The van der Waals surface area contributed by atoms with E-state index in [1.54, 1.807) is 32.4 Å². The van der Waals surface area contributed by atoms with Crippen LogP contribution in [0.1, 0.15) is 16.7 Å². The van der Waals surface area contributed by atoms with E-state index < -0.39 is 5.91 Å². The summed E-state index contributed by atoms with van der Waals surface area (Å²) in [7, 11) is 3.12. The Bertz CT molecular complexity index is 1500. The van der Waals surface area contributed by atoms with Gasteiger partial charge in [-0.05, 0) is 52.7 Å². The number of rotatable bonds is 9. The Kier molecular flexibility index (Phi) is 8.44. The Morgan fingerprint density at radius 1 is 0.946 bits per heavy atom. The van der Waals surface area contributed by atoms with Gasteiger partial charge in [0.25, 0.3) is 5.91 Å². The van der Waals surface area contributed by atoms with Crippen molar-refractivity contribution in [3.8, 4) is 23.3 Å². The van der Waals surface area contributed by atoms with Gasteiger partial charge in [-0.2, -0.15) is 5.26 Å². The number of ether oxygens (including phenoxy) is 3. The SMILES string of the molecule is COc1ccc(CNC(=O)/C(C#N)=C/c2cc(Br)ccc2OCc2cccc3ccccc23)c(OC)c1. The molecule has 37 heavy (non-hydrogen) atoms. The highest BCUT2D eigenvalue weighted by Crippen LogP contribution is 2.28. The Morgan fingerprint density at radius 3 is 2.54 bits per heavy atom. The van der Waals surface area contributed by atoms with Gasteiger partial charge in [0.15, 0.2) is 0 Å². The highest BCUT2D eigenvalue weighted by molar-refractivity contribution is 9.10. The summed E-state index contributed by atoms with van der Waals surface area (Å²) in [5.74, 6) is 1.29. The number of hydrogen-bond donors (Lipinski definition) is 1. The lowest BCUT2D eigenvalue weighted by molar-refractivity contribution is -0.117. The maximum atomic E-state index is 12.9. The van der Waals surface area contributed by atoms with Crippen molar-refractivity contribution in [1.82, 2.24) is 5.32 Å². The quantitative estimate of drug-likeness (QED) is 0.190. The van der Waals surface area contributed by atoms with Crippen LogP contribution in [0.15, 0.2) is 88.9 Å². The van der Waals surface area contributed by atoms with Crippen molar-refractivity contribution in [2.24, 2.45) is 0 Å². The molecular formula is C30H25BrN2O4. The fourth-order valence-corrected chi connectivity index (χ4v) is 4.29. The summed E-state index contributed by atoms with van der Waals surface area (Å²) < 4.78 is 17.6. The van der Waals surface area contributed by atoms with Crippen molar-refractivity contribution >= 4 is 38.7 Å². The van der Waals surface area contributed by atoms with Gasteiger partial charge >= 0.3 is 0 Å². The van der Waals surface area contributed by atoms with Crippen LogP contribution in [0.3, 0.4) is 0 Å². The zero-order valence-corrected chi connectivity index (χ0v) is 22.0. The first-order valence-corrected chi connectivity index (χ1v) is 12.3. The molecule has 0 bridgehead atoms. The molecule has 0 aliphatic rings. The van der Waals surface area contributed by atoms with Crippen molar-refractivity contribution in [1.29, 1.82) is 5.26 Å². The minimum Gasteiger partial charge on any atom is -0.497 e. The summed E-state index contributed by atoms with van der Waals surface area (Å²) in [6, 6.07) is 27.0. The molecule has 0 saturated heterocycles. The zero-order chi connectivity index (χ0) is 26.2. The number of carbonyl (C=O) groups excluding carboxylic acids is 1. The lowest BCUT2D eigenvalue weighted by Crippen LogP contribution is -2.24. The van der Waals surface area contributed by atoms with E-state index in [1.807, 2.05) is 48.5 Å². The Labute approximate surface area is 224 Å². The normalized spacial score (nSPS) is 11.0. The van der Waals surface area contributed by atoms with Gasteiger partial charge in [0, 0.05) is 28.2 Å². The maximum Gasteiger partial charge on any atom is 0.262 e. The molecule has 6 nitrogen and oxygen atoms in total. The Morgan fingerprint density at radius 2 is 1.76 bits per heavy atom. The van der Waals surface area contributed by atoms with Crippen LogP contribution >= 0.6 is 15.9 Å². The van der Waals surface area contributed by atoms with Crippen molar-refractivity contribution in [3.05, 3.63) is 106 Å². The number of methoxy groups -OCH3 is 2. The van der Waals surface area contributed by atoms with E-state index in [9.17, 15) is 10.1 Å². The monoisotopic (exact) mass is 556 g/mol. The van der Waals surface area contributed by atoms with Gasteiger partial charge in [0.05, 0.1) is 14.2 Å². The second kappa shape index (κ2) is 12.1. The minimum atomic E-state index is -0.500. The van der Waals surface area contributed by atoms with Gasteiger partial charge in [-0.25, -0.2) is 0 Å². The summed E-state index contributed by atoms with van der Waals surface area (Å²) in [4.78, 5) is 12.9. The highest BCUT2D eigenvalue weighted by atomic mass is 79.9. The molecule has 4 aromatic rings. The Balaban J connectivity index is 1.53. The fourth-order valence-electron chi connectivity index (χ4n) is 3.91. The number of halogens is 1. The smallest absolute Gasteiger partial charge is 0.262 e. The molecule has 4 rings (SSSR count). The molecule has 7 heteroatoms. The van der Waals surface area contributed by atoms with E-state index in [-0.39, 0.29) is 12.1 Å². The first-order chi connectivity index (χ1) is 18.0. The average molecular weight is 557 g/mol. The Hall–Kier alpha value is -4.28. The summed E-state index contributed by atoms with van der Waals surface area (Å²) in [5, 5.41) is 14.8.